The lowest BCUT2D eigenvalue weighted by atomic mass is 9.82. The van der Waals surface area contributed by atoms with Gasteiger partial charge >= 0.3 is 0 Å². The van der Waals surface area contributed by atoms with E-state index in [9.17, 15) is 0 Å². The Morgan fingerprint density at radius 1 is 1.11 bits per heavy atom. The summed E-state index contributed by atoms with van der Waals surface area (Å²) in [7, 11) is 0. The molecule has 1 aliphatic rings. The van der Waals surface area contributed by atoms with Crippen molar-refractivity contribution in [1.82, 2.24) is 9.97 Å². The minimum absolute atomic E-state index is 0.254. The van der Waals surface area contributed by atoms with Crippen LogP contribution >= 0.6 is 23.2 Å². The van der Waals surface area contributed by atoms with E-state index < -0.39 is 0 Å². The van der Waals surface area contributed by atoms with Crippen LogP contribution in [-0.2, 0) is 0 Å². The van der Waals surface area contributed by atoms with Crippen LogP contribution in [0.3, 0.4) is 0 Å². The predicted molar refractivity (Wildman–Crippen MR) is 76.5 cm³/mol. The van der Waals surface area contributed by atoms with Crippen LogP contribution in [0, 0.1) is 5.92 Å². The first-order valence-electron chi connectivity index (χ1n) is 6.71. The Morgan fingerprint density at radius 3 is 2.22 bits per heavy atom. The van der Waals surface area contributed by atoms with Gasteiger partial charge in [-0.1, -0.05) is 56.8 Å². The molecule has 2 nitrogen and oxygen atoms in total. The Morgan fingerprint density at radius 2 is 1.72 bits per heavy atom. The number of hydrogen-bond acceptors (Lipinski definition) is 2. The summed E-state index contributed by atoms with van der Waals surface area (Å²) in [6, 6.07) is 0. The molecule has 0 N–H and O–H groups in total. The molecule has 2 rings (SSSR count). The van der Waals surface area contributed by atoms with E-state index in [0.717, 1.165) is 30.1 Å². The molecular formula is C14H20Cl2N2. The largest absolute Gasteiger partial charge is 0.221 e. The minimum atomic E-state index is 0.254. The van der Waals surface area contributed by atoms with Gasteiger partial charge in [0.15, 0.2) is 0 Å². The molecule has 0 spiro atoms. The fourth-order valence-electron chi connectivity index (χ4n) is 2.76. The van der Waals surface area contributed by atoms with Crippen LogP contribution in [-0.4, -0.2) is 9.97 Å². The smallest absolute Gasteiger partial charge is 0.137 e. The van der Waals surface area contributed by atoms with Crippen molar-refractivity contribution in [3.05, 3.63) is 21.7 Å². The standard InChI is InChI=1S/C14H20Cl2N2/c1-8(2)11-12(15)17-14(18-13(11)16)10-6-4-5-9(3)7-10/h8-10H,4-7H2,1-3H3. The lowest BCUT2D eigenvalue weighted by Crippen LogP contribution is -2.15. The average molecular weight is 287 g/mol. The van der Waals surface area contributed by atoms with Crippen molar-refractivity contribution in [2.75, 3.05) is 0 Å². The molecule has 1 aromatic rings. The topological polar surface area (TPSA) is 25.8 Å². The van der Waals surface area contributed by atoms with E-state index in [1.54, 1.807) is 0 Å². The number of hydrogen-bond donors (Lipinski definition) is 0. The summed E-state index contributed by atoms with van der Waals surface area (Å²) in [5.41, 5.74) is 0.867. The molecule has 0 bridgehead atoms. The first-order valence-corrected chi connectivity index (χ1v) is 7.47. The highest BCUT2D eigenvalue weighted by Crippen LogP contribution is 2.37. The highest BCUT2D eigenvalue weighted by Gasteiger charge is 2.25. The Labute approximate surface area is 119 Å². The van der Waals surface area contributed by atoms with Crippen molar-refractivity contribution >= 4 is 23.2 Å². The Balaban J connectivity index is 2.30. The first-order chi connectivity index (χ1) is 8.49. The SMILES string of the molecule is CC1CCCC(c2nc(Cl)c(C(C)C)c(Cl)n2)C1. The van der Waals surface area contributed by atoms with E-state index in [2.05, 4.69) is 30.7 Å². The van der Waals surface area contributed by atoms with Crippen LogP contribution in [0.2, 0.25) is 10.3 Å². The van der Waals surface area contributed by atoms with E-state index in [1.807, 2.05) is 0 Å². The molecule has 2 unspecified atom stereocenters. The van der Waals surface area contributed by atoms with Crippen LogP contribution in [0.25, 0.3) is 0 Å². The van der Waals surface area contributed by atoms with E-state index in [-0.39, 0.29) is 5.92 Å². The molecule has 1 heterocycles. The predicted octanol–water partition coefficient (Wildman–Crippen LogP) is 5.20. The van der Waals surface area contributed by atoms with Gasteiger partial charge in [0.05, 0.1) is 0 Å². The fourth-order valence-corrected chi connectivity index (χ4v) is 3.60. The van der Waals surface area contributed by atoms with Crippen molar-refractivity contribution in [2.45, 2.75) is 58.3 Å². The quantitative estimate of drug-likeness (QED) is 0.698. The molecule has 18 heavy (non-hydrogen) atoms. The summed E-state index contributed by atoms with van der Waals surface area (Å²) in [6.07, 6.45) is 4.85. The van der Waals surface area contributed by atoms with E-state index in [0.29, 0.717) is 16.2 Å². The van der Waals surface area contributed by atoms with Gasteiger partial charge < -0.3 is 0 Å². The van der Waals surface area contributed by atoms with E-state index in [1.165, 1.54) is 12.8 Å². The molecule has 0 aromatic carbocycles. The second kappa shape index (κ2) is 5.75. The fraction of sp³-hybridized carbons (Fsp3) is 0.714. The minimum Gasteiger partial charge on any atom is -0.221 e. The van der Waals surface area contributed by atoms with Gasteiger partial charge in [0, 0.05) is 11.5 Å². The molecule has 2 atom stereocenters. The third kappa shape index (κ3) is 2.97. The maximum Gasteiger partial charge on any atom is 0.137 e. The van der Waals surface area contributed by atoms with Crippen molar-refractivity contribution in [3.8, 4) is 0 Å². The van der Waals surface area contributed by atoms with Gasteiger partial charge in [-0.05, 0) is 24.7 Å². The van der Waals surface area contributed by atoms with Gasteiger partial charge in [-0.3, -0.25) is 0 Å². The van der Waals surface area contributed by atoms with Crippen molar-refractivity contribution in [3.63, 3.8) is 0 Å². The van der Waals surface area contributed by atoms with Crippen LogP contribution in [0.1, 0.15) is 69.7 Å². The maximum atomic E-state index is 6.25. The Kier molecular flexibility index (Phi) is 4.50. The molecule has 1 aromatic heterocycles. The van der Waals surface area contributed by atoms with E-state index in [4.69, 9.17) is 23.2 Å². The van der Waals surface area contributed by atoms with Crippen LogP contribution in [0.4, 0.5) is 0 Å². The number of halogens is 2. The molecule has 1 saturated carbocycles. The lowest BCUT2D eigenvalue weighted by Gasteiger charge is -2.26. The van der Waals surface area contributed by atoms with Gasteiger partial charge in [-0.25, -0.2) is 9.97 Å². The molecular weight excluding hydrogens is 267 g/mol. The van der Waals surface area contributed by atoms with Crippen LogP contribution in [0.15, 0.2) is 0 Å². The molecule has 4 heteroatoms. The second-order valence-electron chi connectivity index (χ2n) is 5.70. The third-order valence-corrected chi connectivity index (χ3v) is 4.33. The number of rotatable bonds is 2. The molecule has 0 radical (unpaired) electrons. The van der Waals surface area contributed by atoms with Gasteiger partial charge in [-0.2, -0.15) is 0 Å². The maximum absolute atomic E-state index is 6.25. The third-order valence-electron chi connectivity index (χ3n) is 3.75. The summed E-state index contributed by atoms with van der Waals surface area (Å²) in [5.74, 6) is 2.25. The molecule has 100 valence electrons. The molecule has 0 saturated heterocycles. The van der Waals surface area contributed by atoms with Crippen molar-refractivity contribution < 1.29 is 0 Å². The number of aromatic nitrogens is 2. The lowest BCUT2D eigenvalue weighted by molar-refractivity contribution is 0.335. The second-order valence-corrected chi connectivity index (χ2v) is 6.42. The van der Waals surface area contributed by atoms with Crippen molar-refractivity contribution in [2.24, 2.45) is 5.92 Å². The molecule has 0 aliphatic heterocycles. The van der Waals surface area contributed by atoms with Crippen molar-refractivity contribution in [1.29, 1.82) is 0 Å². The Bertz CT molecular complexity index is 409. The molecule has 1 aliphatic carbocycles. The molecule has 0 amide bonds. The molecule has 1 fully saturated rings. The van der Waals surface area contributed by atoms with E-state index >= 15 is 0 Å². The summed E-state index contributed by atoms with van der Waals surface area (Å²) in [4.78, 5) is 8.97. The van der Waals surface area contributed by atoms with Gasteiger partial charge in [-0.15, -0.1) is 0 Å². The first kappa shape index (κ1) is 14.1. The van der Waals surface area contributed by atoms with Gasteiger partial charge in [0.2, 0.25) is 0 Å². The summed E-state index contributed by atoms with van der Waals surface area (Å²) < 4.78 is 0. The monoisotopic (exact) mass is 286 g/mol. The van der Waals surface area contributed by atoms with Crippen LogP contribution < -0.4 is 0 Å². The number of nitrogens with zero attached hydrogens (tertiary/aromatic N) is 2. The van der Waals surface area contributed by atoms with Crippen LogP contribution in [0.5, 0.6) is 0 Å². The van der Waals surface area contributed by atoms with Gasteiger partial charge in [0.1, 0.15) is 16.1 Å². The zero-order valence-electron chi connectivity index (χ0n) is 11.2. The zero-order chi connectivity index (χ0) is 13.3. The summed E-state index contributed by atoms with van der Waals surface area (Å²) in [6.45, 7) is 6.40. The normalized spacial score (nSPS) is 24.6. The highest BCUT2D eigenvalue weighted by molar-refractivity contribution is 6.34. The summed E-state index contributed by atoms with van der Waals surface area (Å²) >= 11 is 12.5. The zero-order valence-corrected chi connectivity index (χ0v) is 12.7. The highest BCUT2D eigenvalue weighted by atomic mass is 35.5. The Hall–Kier alpha value is -0.340. The summed E-state index contributed by atoms with van der Waals surface area (Å²) in [5, 5.41) is 1.05. The van der Waals surface area contributed by atoms with Gasteiger partial charge in [0.25, 0.3) is 0 Å². The average Bonchev–Trinajstić information content (AvgIpc) is 2.27.